The van der Waals surface area contributed by atoms with Crippen molar-refractivity contribution in [1.29, 1.82) is 0 Å². The summed E-state index contributed by atoms with van der Waals surface area (Å²) in [5.41, 5.74) is 0. The van der Waals surface area contributed by atoms with E-state index < -0.39 is 0 Å². The number of thioether (sulfide) groups is 1. The second kappa shape index (κ2) is 9.77. The largest absolute Gasteiger partial charge is 0.486 e. The smallest absolute Gasteiger partial charge is 0.233 e. The number of ether oxygens (including phenoxy) is 1. The van der Waals surface area contributed by atoms with Crippen LogP contribution in [0.25, 0.3) is 0 Å². The third-order valence-corrected chi connectivity index (χ3v) is 5.62. The fraction of sp³-hybridized carbons (Fsp3) is 0.316. The molecule has 1 fully saturated rings. The van der Waals surface area contributed by atoms with E-state index in [1.165, 1.54) is 11.8 Å². The molecule has 1 aliphatic heterocycles. The summed E-state index contributed by atoms with van der Waals surface area (Å²) in [7, 11) is 0. The van der Waals surface area contributed by atoms with Gasteiger partial charge in [0.15, 0.2) is 5.82 Å². The first kappa shape index (κ1) is 20.4. The molecule has 11 heteroatoms. The molecule has 1 aromatic carbocycles. The SMILES string of the molecule is O=C(CSc1n[nH]c(COc2ccc(Cl)cc2)n1)N1CCN(c2cnccn2)CC1. The molecule has 0 atom stereocenters. The fourth-order valence-corrected chi connectivity index (χ4v) is 3.79. The first-order valence-electron chi connectivity index (χ1n) is 9.38. The van der Waals surface area contributed by atoms with Crippen LogP contribution in [0.3, 0.4) is 0 Å². The number of benzene rings is 1. The van der Waals surface area contributed by atoms with Crippen molar-refractivity contribution in [2.45, 2.75) is 11.8 Å². The molecule has 1 N–H and O–H groups in total. The maximum absolute atomic E-state index is 12.5. The van der Waals surface area contributed by atoms with E-state index in [1.807, 2.05) is 4.90 Å². The molecule has 1 saturated heterocycles. The molecule has 9 nitrogen and oxygen atoms in total. The van der Waals surface area contributed by atoms with Crippen molar-refractivity contribution in [1.82, 2.24) is 30.0 Å². The molecule has 0 unspecified atom stereocenters. The third-order valence-electron chi connectivity index (χ3n) is 4.53. The Hall–Kier alpha value is -2.85. The summed E-state index contributed by atoms with van der Waals surface area (Å²) >= 11 is 7.17. The second-order valence-corrected chi connectivity index (χ2v) is 7.91. The molecular weight excluding hydrogens is 426 g/mol. The summed E-state index contributed by atoms with van der Waals surface area (Å²) in [5.74, 6) is 2.49. The first-order chi connectivity index (χ1) is 14.7. The van der Waals surface area contributed by atoms with Crippen molar-refractivity contribution in [2.24, 2.45) is 0 Å². The third kappa shape index (κ3) is 5.39. The molecule has 4 rings (SSSR count). The number of nitrogens with one attached hydrogen (secondary N) is 1. The minimum atomic E-state index is 0.0718. The summed E-state index contributed by atoms with van der Waals surface area (Å²) in [6, 6.07) is 7.10. The minimum absolute atomic E-state index is 0.0718. The Kier molecular flexibility index (Phi) is 6.65. The number of amides is 1. The topological polar surface area (TPSA) is 100 Å². The van der Waals surface area contributed by atoms with Crippen molar-refractivity contribution in [3.05, 3.63) is 53.7 Å². The number of H-pyrrole nitrogens is 1. The van der Waals surface area contributed by atoms with Gasteiger partial charge in [0.2, 0.25) is 11.1 Å². The van der Waals surface area contributed by atoms with Crippen molar-refractivity contribution in [3.8, 4) is 5.75 Å². The first-order valence-corrected chi connectivity index (χ1v) is 10.7. The van der Waals surface area contributed by atoms with E-state index in [-0.39, 0.29) is 12.5 Å². The van der Waals surface area contributed by atoms with E-state index in [2.05, 4.69) is 30.0 Å². The highest BCUT2D eigenvalue weighted by Crippen LogP contribution is 2.18. The van der Waals surface area contributed by atoms with Crippen LogP contribution < -0.4 is 9.64 Å². The van der Waals surface area contributed by atoms with Gasteiger partial charge in [-0.1, -0.05) is 23.4 Å². The normalized spacial score (nSPS) is 14.0. The summed E-state index contributed by atoms with van der Waals surface area (Å²) in [6.45, 7) is 3.05. The van der Waals surface area contributed by atoms with Gasteiger partial charge in [-0.3, -0.25) is 14.9 Å². The molecule has 0 spiro atoms. The van der Waals surface area contributed by atoms with E-state index in [0.29, 0.717) is 40.6 Å². The summed E-state index contributed by atoms with van der Waals surface area (Å²) in [6.07, 6.45) is 5.07. The van der Waals surface area contributed by atoms with Crippen molar-refractivity contribution in [2.75, 3.05) is 36.8 Å². The van der Waals surface area contributed by atoms with Gasteiger partial charge in [0.1, 0.15) is 18.2 Å². The lowest BCUT2D eigenvalue weighted by Gasteiger charge is -2.35. The summed E-state index contributed by atoms with van der Waals surface area (Å²) < 4.78 is 5.64. The number of aromatic amines is 1. The number of aromatic nitrogens is 5. The Bertz CT molecular complexity index is 963. The van der Waals surface area contributed by atoms with Crippen molar-refractivity contribution < 1.29 is 9.53 Å². The van der Waals surface area contributed by atoms with Crippen LogP contribution >= 0.6 is 23.4 Å². The highest BCUT2D eigenvalue weighted by molar-refractivity contribution is 7.99. The van der Waals surface area contributed by atoms with Crippen LogP contribution in [0.4, 0.5) is 5.82 Å². The van der Waals surface area contributed by atoms with Gasteiger partial charge in [-0.05, 0) is 24.3 Å². The molecule has 3 heterocycles. The maximum Gasteiger partial charge on any atom is 0.233 e. The van der Waals surface area contributed by atoms with Gasteiger partial charge in [0.25, 0.3) is 0 Å². The minimum Gasteiger partial charge on any atom is -0.486 e. The Balaban J connectivity index is 1.20. The van der Waals surface area contributed by atoms with Crippen LogP contribution in [0.2, 0.25) is 5.02 Å². The van der Waals surface area contributed by atoms with Crippen LogP contribution in [-0.4, -0.2) is 67.9 Å². The van der Waals surface area contributed by atoms with E-state index in [4.69, 9.17) is 16.3 Å². The van der Waals surface area contributed by atoms with Gasteiger partial charge in [-0.2, -0.15) is 0 Å². The van der Waals surface area contributed by atoms with Gasteiger partial charge < -0.3 is 14.5 Å². The maximum atomic E-state index is 12.5. The van der Waals surface area contributed by atoms with E-state index >= 15 is 0 Å². The zero-order valence-electron chi connectivity index (χ0n) is 16.1. The lowest BCUT2D eigenvalue weighted by Crippen LogP contribution is -2.49. The molecular formula is C19H20ClN7O2S. The zero-order chi connectivity index (χ0) is 20.8. The number of anilines is 1. The predicted molar refractivity (Wildman–Crippen MR) is 114 cm³/mol. The molecule has 0 saturated carbocycles. The van der Waals surface area contributed by atoms with Gasteiger partial charge in [-0.25, -0.2) is 9.97 Å². The molecule has 2 aromatic heterocycles. The fourth-order valence-electron chi connectivity index (χ4n) is 2.95. The quantitative estimate of drug-likeness (QED) is 0.553. The molecule has 1 amide bonds. The average molecular weight is 446 g/mol. The number of carbonyl (C=O) groups excluding carboxylic acids is 1. The Morgan fingerprint density at radius 2 is 1.97 bits per heavy atom. The van der Waals surface area contributed by atoms with Crippen LogP contribution in [0, 0.1) is 0 Å². The Morgan fingerprint density at radius 1 is 1.17 bits per heavy atom. The van der Waals surface area contributed by atoms with Gasteiger partial charge in [-0.15, -0.1) is 5.10 Å². The van der Waals surface area contributed by atoms with Crippen molar-refractivity contribution >= 4 is 35.1 Å². The monoisotopic (exact) mass is 445 g/mol. The molecule has 30 heavy (non-hydrogen) atoms. The summed E-state index contributed by atoms with van der Waals surface area (Å²) in [4.78, 5) is 29.3. The Morgan fingerprint density at radius 3 is 2.70 bits per heavy atom. The number of nitrogens with zero attached hydrogens (tertiary/aromatic N) is 6. The number of piperazine rings is 1. The molecule has 0 bridgehead atoms. The van der Waals surface area contributed by atoms with Crippen LogP contribution in [0.5, 0.6) is 5.75 Å². The predicted octanol–water partition coefficient (Wildman–Crippen LogP) is 2.27. The molecule has 0 radical (unpaired) electrons. The molecule has 0 aliphatic carbocycles. The summed E-state index contributed by atoms with van der Waals surface area (Å²) in [5, 5.41) is 8.16. The van der Waals surface area contributed by atoms with E-state index in [9.17, 15) is 4.79 Å². The second-order valence-electron chi connectivity index (χ2n) is 6.53. The van der Waals surface area contributed by atoms with Gasteiger partial charge in [0.05, 0.1) is 11.9 Å². The number of hydrogen-bond donors (Lipinski definition) is 1. The highest BCUT2D eigenvalue weighted by atomic mass is 35.5. The van der Waals surface area contributed by atoms with Crippen molar-refractivity contribution in [3.63, 3.8) is 0 Å². The lowest BCUT2D eigenvalue weighted by atomic mass is 10.3. The number of rotatable bonds is 7. The molecule has 1 aliphatic rings. The van der Waals surface area contributed by atoms with Crippen LogP contribution in [0.15, 0.2) is 48.0 Å². The number of hydrogen-bond acceptors (Lipinski definition) is 8. The van der Waals surface area contributed by atoms with E-state index in [1.54, 1.807) is 42.9 Å². The highest BCUT2D eigenvalue weighted by Gasteiger charge is 2.22. The standard InChI is InChI=1S/C19H20ClN7O2S/c20-14-1-3-15(4-2-14)29-12-16-23-19(25-24-16)30-13-18(28)27-9-7-26(8-10-27)17-11-21-5-6-22-17/h1-6,11H,7-10,12-13H2,(H,23,24,25). The van der Waals surface area contributed by atoms with Gasteiger partial charge in [0, 0.05) is 43.6 Å². The number of halogens is 1. The average Bonchev–Trinajstić information content (AvgIpc) is 3.26. The van der Waals surface area contributed by atoms with Crippen LogP contribution in [0.1, 0.15) is 5.82 Å². The Labute approximate surface area is 182 Å². The van der Waals surface area contributed by atoms with Crippen LogP contribution in [-0.2, 0) is 11.4 Å². The molecule has 3 aromatic rings. The number of carbonyl (C=O) groups is 1. The zero-order valence-corrected chi connectivity index (χ0v) is 17.6. The lowest BCUT2D eigenvalue weighted by molar-refractivity contribution is -0.128. The van der Waals surface area contributed by atoms with E-state index in [0.717, 1.165) is 18.9 Å². The molecule has 156 valence electrons. The van der Waals surface area contributed by atoms with Gasteiger partial charge >= 0.3 is 0 Å².